The summed E-state index contributed by atoms with van der Waals surface area (Å²) in [5.41, 5.74) is 5.35. The molecule has 0 aliphatic rings. The third kappa shape index (κ3) is 4.18. The number of carbonyl (C=O) groups excluding carboxylic acids is 1. The summed E-state index contributed by atoms with van der Waals surface area (Å²) in [6.45, 7) is 6.10. The van der Waals surface area contributed by atoms with Gasteiger partial charge in [-0.05, 0) is 32.9 Å². The van der Waals surface area contributed by atoms with E-state index in [4.69, 9.17) is 14.9 Å². The van der Waals surface area contributed by atoms with Crippen LogP contribution in [0.5, 0.6) is 0 Å². The van der Waals surface area contributed by atoms with E-state index in [2.05, 4.69) is 30.7 Å². The average Bonchev–Trinajstić information content (AvgIpc) is 3.18. The second kappa shape index (κ2) is 6.86. The molecule has 0 atom stereocenters. The zero-order valence-corrected chi connectivity index (χ0v) is 14.7. The van der Waals surface area contributed by atoms with Gasteiger partial charge in [0.1, 0.15) is 5.60 Å². The van der Waals surface area contributed by atoms with Gasteiger partial charge < -0.3 is 25.5 Å². The summed E-state index contributed by atoms with van der Waals surface area (Å²) in [7, 11) is 0. The molecule has 0 saturated heterocycles. The van der Waals surface area contributed by atoms with E-state index in [9.17, 15) is 4.79 Å². The molecule has 0 spiro atoms. The van der Waals surface area contributed by atoms with Crippen LogP contribution in [-0.2, 0) is 4.74 Å². The minimum absolute atomic E-state index is 0.128. The van der Waals surface area contributed by atoms with Crippen LogP contribution in [0.3, 0.4) is 0 Å². The Morgan fingerprint density at radius 3 is 2.81 bits per heavy atom. The molecule has 3 aromatic rings. The summed E-state index contributed by atoms with van der Waals surface area (Å²) in [5, 5.41) is 9.80. The third-order valence-corrected chi connectivity index (χ3v) is 3.05. The molecule has 3 heterocycles. The monoisotopic (exact) mass is 360 g/mol. The highest BCUT2D eigenvalue weighted by atomic mass is 16.6. The van der Waals surface area contributed by atoms with E-state index in [0.717, 1.165) is 0 Å². The van der Waals surface area contributed by atoms with E-state index in [1.165, 1.54) is 10.8 Å². The predicted molar refractivity (Wildman–Crippen MR) is 93.4 cm³/mol. The number of nitrogens with zero attached hydrogens (tertiary/aromatic N) is 5. The maximum atomic E-state index is 11.6. The Bertz CT molecular complexity index is 898. The zero-order chi connectivity index (χ0) is 18.7. The second-order valence-electron chi connectivity index (χ2n) is 6.39. The molecule has 3 rings (SSSR count). The van der Waals surface area contributed by atoms with Crippen molar-refractivity contribution in [2.75, 3.05) is 24.1 Å². The van der Waals surface area contributed by atoms with Crippen LogP contribution in [-0.4, -0.2) is 49.3 Å². The van der Waals surface area contributed by atoms with Crippen LogP contribution in [0, 0.1) is 0 Å². The Balaban J connectivity index is 1.61. The minimum atomic E-state index is -0.542. The lowest BCUT2D eigenvalue weighted by Gasteiger charge is -2.19. The number of hydrogen-bond donors (Lipinski definition) is 3. The second-order valence-corrected chi connectivity index (χ2v) is 6.39. The molecule has 1 amide bonds. The first-order valence-corrected chi connectivity index (χ1v) is 7.97. The lowest BCUT2D eigenvalue weighted by Crippen LogP contribution is -2.35. The molecule has 0 unspecified atom stereocenters. The number of nitrogen functional groups attached to an aromatic ring is 1. The fourth-order valence-corrected chi connectivity index (χ4v) is 2.05. The number of rotatable bonds is 5. The van der Waals surface area contributed by atoms with Crippen LogP contribution >= 0.6 is 0 Å². The number of anilines is 2. The number of nitrogens with one attached hydrogen (secondary N) is 2. The number of ether oxygens (including phenoxy) is 1. The zero-order valence-electron chi connectivity index (χ0n) is 14.7. The summed E-state index contributed by atoms with van der Waals surface area (Å²) in [6.07, 6.45) is 1.04. The molecule has 26 heavy (non-hydrogen) atoms. The van der Waals surface area contributed by atoms with Gasteiger partial charge in [0, 0.05) is 13.1 Å². The number of nitrogens with two attached hydrogens (primary N) is 1. The Kier molecular flexibility index (Phi) is 4.61. The standard InChI is InChI=1S/C15H20N8O3/c1-15(2,3)26-14(24)18-7-6-17-12-20-11(16)23-13(21-12)19-10(22-23)9-5-4-8-25-9/h4-5,8H,6-7H2,1-3H3,(H,18,24)(H3,16,17,19,20,21,22). The van der Waals surface area contributed by atoms with Crippen molar-refractivity contribution < 1.29 is 13.9 Å². The van der Waals surface area contributed by atoms with Crippen LogP contribution < -0.4 is 16.4 Å². The molecule has 138 valence electrons. The Hall–Kier alpha value is -3.37. The Morgan fingerprint density at radius 1 is 1.31 bits per heavy atom. The largest absolute Gasteiger partial charge is 0.461 e. The maximum Gasteiger partial charge on any atom is 0.407 e. The Labute approximate surface area is 149 Å². The first kappa shape index (κ1) is 17.5. The molecule has 0 fully saturated rings. The summed E-state index contributed by atoms with van der Waals surface area (Å²) in [4.78, 5) is 24.2. The SMILES string of the molecule is CC(C)(C)OC(=O)NCCNc1nc(N)n2nc(-c3ccco3)nc2n1. The number of aromatic nitrogens is 5. The van der Waals surface area contributed by atoms with Crippen molar-refractivity contribution in [3.8, 4) is 11.6 Å². The molecule has 0 bridgehead atoms. The van der Waals surface area contributed by atoms with E-state index in [1.807, 2.05) is 0 Å². The van der Waals surface area contributed by atoms with Crippen molar-refractivity contribution in [2.24, 2.45) is 0 Å². The maximum absolute atomic E-state index is 11.6. The summed E-state index contributed by atoms with van der Waals surface area (Å²) < 4.78 is 11.7. The van der Waals surface area contributed by atoms with Crippen molar-refractivity contribution in [1.82, 2.24) is 29.9 Å². The normalized spacial score (nSPS) is 11.5. The van der Waals surface area contributed by atoms with Crippen LogP contribution in [0.2, 0.25) is 0 Å². The lowest BCUT2D eigenvalue weighted by molar-refractivity contribution is 0.0530. The topological polar surface area (TPSA) is 145 Å². The molecule has 3 aromatic heterocycles. The van der Waals surface area contributed by atoms with Crippen molar-refractivity contribution in [1.29, 1.82) is 0 Å². The molecule has 0 radical (unpaired) electrons. The Morgan fingerprint density at radius 2 is 2.12 bits per heavy atom. The van der Waals surface area contributed by atoms with Gasteiger partial charge in [-0.2, -0.15) is 19.5 Å². The fraction of sp³-hybridized carbons (Fsp3) is 0.400. The van der Waals surface area contributed by atoms with E-state index in [1.54, 1.807) is 32.9 Å². The predicted octanol–water partition coefficient (Wildman–Crippen LogP) is 1.30. The molecule has 4 N–H and O–H groups in total. The van der Waals surface area contributed by atoms with E-state index < -0.39 is 11.7 Å². The molecule has 0 aliphatic carbocycles. The molecule has 11 heteroatoms. The number of amides is 1. The van der Waals surface area contributed by atoms with Crippen LogP contribution in [0.15, 0.2) is 22.8 Å². The van der Waals surface area contributed by atoms with Crippen LogP contribution in [0.1, 0.15) is 20.8 Å². The van der Waals surface area contributed by atoms with Crippen molar-refractivity contribution in [3.63, 3.8) is 0 Å². The molecule has 0 saturated carbocycles. The van der Waals surface area contributed by atoms with Crippen LogP contribution in [0.4, 0.5) is 16.7 Å². The highest BCUT2D eigenvalue weighted by Crippen LogP contribution is 2.17. The van der Waals surface area contributed by atoms with Gasteiger partial charge in [-0.1, -0.05) is 0 Å². The summed E-state index contributed by atoms with van der Waals surface area (Å²) in [5.74, 6) is 1.56. The molecular weight excluding hydrogens is 340 g/mol. The first-order chi connectivity index (χ1) is 12.3. The lowest BCUT2D eigenvalue weighted by atomic mass is 10.2. The highest BCUT2D eigenvalue weighted by Gasteiger charge is 2.16. The molecule has 0 aromatic carbocycles. The van der Waals surface area contributed by atoms with Gasteiger partial charge >= 0.3 is 6.09 Å². The molecular formula is C15H20N8O3. The minimum Gasteiger partial charge on any atom is -0.461 e. The van der Waals surface area contributed by atoms with E-state index >= 15 is 0 Å². The van der Waals surface area contributed by atoms with Crippen molar-refractivity contribution in [2.45, 2.75) is 26.4 Å². The average molecular weight is 360 g/mol. The third-order valence-electron chi connectivity index (χ3n) is 3.05. The fourth-order valence-electron chi connectivity index (χ4n) is 2.05. The van der Waals surface area contributed by atoms with Gasteiger partial charge in [0.15, 0.2) is 5.76 Å². The van der Waals surface area contributed by atoms with Crippen LogP contribution in [0.25, 0.3) is 17.4 Å². The number of fused-ring (bicyclic) bond motifs is 1. The molecule has 0 aliphatic heterocycles. The van der Waals surface area contributed by atoms with Gasteiger partial charge in [0.2, 0.25) is 17.7 Å². The van der Waals surface area contributed by atoms with E-state index in [0.29, 0.717) is 24.7 Å². The van der Waals surface area contributed by atoms with E-state index in [-0.39, 0.29) is 17.7 Å². The van der Waals surface area contributed by atoms with Gasteiger partial charge in [-0.15, -0.1) is 5.10 Å². The van der Waals surface area contributed by atoms with Crippen molar-refractivity contribution in [3.05, 3.63) is 18.4 Å². The van der Waals surface area contributed by atoms with Crippen molar-refractivity contribution >= 4 is 23.8 Å². The molecule has 11 nitrogen and oxygen atoms in total. The number of hydrogen-bond acceptors (Lipinski definition) is 9. The number of alkyl carbamates (subject to hydrolysis) is 1. The summed E-state index contributed by atoms with van der Waals surface area (Å²) in [6, 6.07) is 3.47. The van der Waals surface area contributed by atoms with Gasteiger partial charge in [-0.3, -0.25) is 0 Å². The van der Waals surface area contributed by atoms with Gasteiger partial charge in [0.05, 0.1) is 6.26 Å². The summed E-state index contributed by atoms with van der Waals surface area (Å²) >= 11 is 0. The number of carbonyl (C=O) groups is 1. The van der Waals surface area contributed by atoms with Gasteiger partial charge in [0.25, 0.3) is 5.78 Å². The van der Waals surface area contributed by atoms with Gasteiger partial charge in [-0.25, -0.2) is 4.79 Å². The quantitative estimate of drug-likeness (QED) is 0.573. The number of furan rings is 1. The smallest absolute Gasteiger partial charge is 0.407 e. The first-order valence-electron chi connectivity index (χ1n) is 7.97. The highest BCUT2D eigenvalue weighted by molar-refractivity contribution is 5.67.